The second-order valence-corrected chi connectivity index (χ2v) is 6.67. The van der Waals surface area contributed by atoms with E-state index in [4.69, 9.17) is 0 Å². The zero-order valence-corrected chi connectivity index (χ0v) is 13.7. The van der Waals surface area contributed by atoms with Crippen LogP contribution < -0.4 is 5.32 Å². The number of hydrogen-bond donors (Lipinski definition) is 1. The van der Waals surface area contributed by atoms with E-state index in [2.05, 4.69) is 63.0 Å². The predicted octanol–water partition coefficient (Wildman–Crippen LogP) is 3.51. The molecule has 0 radical (unpaired) electrons. The van der Waals surface area contributed by atoms with Crippen LogP contribution in [0.25, 0.3) is 0 Å². The molecule has 1 heterocycles. The molecule has 0 spiro atoms. The molecule has 0 bridgehead atoms. The van der Waals surface area contributed by atoms with Crippen LogP contribution in [0, 0.1) is 19.8 Å². The van der Waals surface area contributed by atoms with E-state index in [-0.39, 0.29) is 0 Å². The first-order valence-corrected chi connectivity index (χ1v) is 8.04. The first kappa shape index (κ1) is 15.5. The average molecular weight is 274 g/mol. The van der Waals surface area contributed by atoms with Crippen LogP contribution in [0.5, 0.6) is 0 Å². The van der Waals surface area contributed by atoms with Crippen molar-refractivity contribution in [2.45, 2.75) is 59.7 Å². The fourth-order valence-electron chi connectivity index (χ4n) is 3.06. The molecule has 2 heteroatoms. The van der Waals surface area contributed by atoms with Crippen LogP contribution in [0.2, 0.25) is 0 Å². The second-order valence-electron chi connectivity index (χ2n) is 6.67. The van der Waals surface area contributed by atoms with Crippen LogP contribution in [0.1, 0.15) is 43.9 Å². The molecule has 2 atom stereocenters. The third kappa shape index (κ3) is 3.62. The monoisotopic (exact) mass is 274 g/mol. The Labute approximate surface area is 124 Å². The van der Waals surface area contributed by atoms with Crippen molar-refractivity contribution in [1.82, 2.24) is 10.2 Å². The zero-order valence-electron chi connectivity index (χ0n) is 13.7. The Morgan fingerprint density at radius 2 is 2.00 bits per heavy atom. The summed E-state index contributed by atoms with van der Waals surface area (Å²) in [6.45, 7) is 14.7. The minimum atomic E-state index is 0.629. The van der Waals surface area contributed by atoms with Gasteiger partial charge in [-0.25, -0.2) is 0 Å². The molecule has 2 rings (SSSR count). The van der Waals surface area contributed by atoms with Gasteiger partial charge in [0.1, 0.15) is 0 Å². The van der Waals surface area contributed by atoms with Gasteiger partial charge in [-0.05, 0) is 42.9 Å². The van der Waals surface area contributed by atoms with Crippen molar-refractivity contribution in [2.75, 3.05) is 13.1 Å². The van der Waals surface area contributed by atoms with E-state index in [9.17, 15) is 0 Å². The number of aryl methyl sites for hydroxylation is 2. The summed E-state index contributed by atoms with van der Waals surface area (Å²) in [4.78, 5) is 2.67. The van der Waals surface area contributed by atoms with Crippen molar-refractivity contribution in [1.29, 1.82) is 0 Å². The summed E-state index contributed by atoms with van der Waals surface area (Å²) < 4.78 is 0. The number of benzene rings is 1. The maximum atomic E-state index is 3.71. The highest BCUT2D eigenvalue weighted by atomic mass is 15.2. The highest BCUT2D eigenvalue weighted by Gasteiger charge is 2.28. The summed E-state index contributed by atoms with van der Waals surface area (Å²) in [6.07, 6.45) is 1.22. The van der Waals surface area contributed by atoms with Gasteiger partial charge in [0.15, 0.2) is 0 Å². The van der Waals surface area contributed by atoms with Gasteiger partial charge in [0.25, 0.3) is 0 Å². The van der Waals surface area contributed by atoms with E-state index in [0.717, 1.165) is 13.1 Å². The van der Waals surface area contributed by atoms with Gasteiger partial charge in [-0.15, -0.1) is 0 Å². The fraction of sp³-hybridized carbons (Fsp3) is 0.667. The smallest absolute Gasteiger partial charge is 0.0237 e. The largest absolute Gasteiger partial charge is 0.311 e. The van der Waals surface area contributed by atoms with E-state index in [1.807, 2.05) is 0 Å². The Hall–Kier alpha value is -0.860. The van der Waals surface area contributed by atoms with Crippen LogP contribution in [0.3, 0.4) is 0 Å². The molecule has 0 amide bonds. The highest BCUT2D eigenvalue weighted by Crippen LogP contribution is 2.19. The first-order valence-electron chi connectivity index (χ1n) is 8.04. The van der Waals surface area contributed by atoms with Crippen molar-refractivity contribution >= 4 is 0 Å². The SMILES string of the molecule is CCC1CNC(C(C)C)CN1Cc1ccc(C)c(C)c1. The van der Waals surface area contributed by atoms with Gasteiger partial charge >= 0.3 is 0 Å². The summed E-state index contributed by atoms with van der Waals surface area (Å²) in [7, 11) is 0. The summed E-state index contributed by atoms with van der Waals surface area (Å²) >= 11 is 0. The summed E-state index contributed by atoms with van der Waals surface area (Å²) in [5, 5.41) is 3.71. The van der Waals surface area contributed by atoms with Gasteiger partial charge in [-0.1, -0.05) is 39.0 Å². The number of nitrogens with zero attached hydrogens (tertiary/aromatic N) is 1. The summed E-state index contributed by atoms with van der Waals surface area (Å²) in [5.41, 5.74) is 4.25. The molecule has 1 aliphatic rings. The zero-order chi connectivity index (χ0) is 14.7. The number of rotatable bonds is 4. The summed E-state index contributed by atoms with van der Waals surface area (Å²) in [6, 6.07) is 8.21. The topological polar surface area (TPSA) is 15.3 Å². The quantitative estimate of drug-likeness (QED) is 0.904. The molecule has 1 saturated heterocycles. The molecule has 1 N–H and O–H groups in total. The van der Waals surface area contributed by atoms with Gasteiger partial charge in [0, 0.05) is 31.7 Å². The molecule has 20 heavy (non-hydrogen) atoms. The maximum Gasteiger partial charge on any atom is 0.0237 e. The Kier molecular flexibility index (Phi) is 5.22. The molecule has 2 unspecified atom stereocenters. The van der Waals surface area contributed by atoms with Crippen molar-refractivity contribution in [2.24, 2.45) is 5.92 Å². The van der Waals surface area contributed by atoms with Crippen molar-refractivity contribution in [3.63, 3.8) is 0 Å². The van der Waals surface area contributed by atoms with Crippen LogP contribution in [-0.4, -0.2) is 30.1 Å². The number of nitrogens with one attached hydrogen (secondary N) is 1. The Balaban J connectivity index is 2.09. The van der Waals surface area contributed by atoms with Crippen LogP contribution in [0.15, 0.2) is 18.2 Å². The second kappa shape index (κ2) is 6.73. The standard InChI is InChI=1S/C18H30N2/c1-6-17-10-19-18(13(2)3)12-20(17)11-16-8-7-14(4)15(5)9-16/h7-9,13,17-19H,6,10-12H2,1-5H3. The van der Waals surface area contributed by atoms with Gasteiger partial charge in [0.2, 0.25) is 0 Å². The van der Waals surface area contributed by atoms with Gasteiger partial charge < -0.3 is 5.32 Å². The Bertz CT molecular complexity index is 439. The lowest BCUT2D eigenvalue weighted by atomic mass is 9.97. The van der Waals surface area contributed by atoms with E-state index in [0.29, 0.717) is 18.0 Å². The maximum absolute atomic E-state index is 3.71. The molecule has 0 aromatic heterocycles. The predicted molar refractivity (Wildman–Crippen MR) is 87.0 cm³/mol. The molecular formula is C18H30N2. The lowest BCUT2D eigenvalue weighted by molar-refractivity contribution is 0.103. The van der Waals surface area contributed by atoms with E-state index >= 15 is 0 Å². The van der Waals surface area contributed by atoms with Crippen molar-refractivity contribution in [3.05, 3.63) is 34.9 Å². The molecule has 1 aromatic carbocycles. The van der Waals surface area contributed by atoms with E-state index in [1.165, 1.54) is 29.7 Å². The first-order chi connectivity index (χ1) is 9.51. The van der Waals surface area contributed by atoms with E-state index in [1.54, 1.807) is 0 Å². The Morgan fingerprint density at radius 3 is 2.60 bits per heavy atom. The normalized spacial score (nSPS) is 24.3. The number of piperazine rings is 1. The molecule has 2 nitrogen and oxygen atoms in total. The van der Waals surface area contributed by atoms with Crippen molar-refractivity contribution in [3.8, 4) is 0 Å². The molecule has 1 aromatic rings. The molecule has 1 aliphatic heterocycles. The van der Waals surface area contributed by atoms with Crippen LogP contribution in [0.4, 0.5) is 0 Å². The highest BCUT2D eigenvalue weighted by molar-refractivity contribution is 5.29. The minimum absolute atomic E-state index is 0.629. The summed E-state index contributed by atoms with van der Waals surface area (Å²) in [5.74, 6) is 0.704. The molecular weight excluding hydrogens is 244 g/mol. The van der Waals surface area contributed by atoms with Crippen molar-refractivity contribution < 1.29 is 0 Å². The third-order valence-corrected chi connectivity index (χ3v) is 4.80. The lowest BCUT2D eigenvalue weighted by Gasteiger charge is -2.41. The average Bonchev–Trinajstić information content (AvgIpc) is 2.42. The fourth-order valence-corrected chi connectivity index (χ4v) is 3.06. The third-order valence-electron chi connectivity index (χ3n) is 4.80. The molecule has 112 valence electrons. The lowest BCUT2D eigenvalue weighted by Crippen LogP contribution is -2.57. The molecule has 0 saturated carbocycles. The van der Waals surface area contributed by atoms with Gasteiger partial charge in [0.05, 0.1) is 0 Å². The van der Waals surface area contributed by atoms with Crippen LogP contribution in [-0.2, 0) is 6.54 Å². The number of hydrogen-bond acceptors (Lipinski definition) is 2. The minimum Gasteiger partial charge on any atom is -0.311 e. The van der Waals surface area contributed by atoms with Gasteiger partial charge in [-0.3, -0.25) is 4.90 Å². The molecule has 0 aliphatic carbocycles. The van der Waals surface area contributed by atoms with E-state index < -0.39 is 0 Å². The van der Waals surface area contributed by atoms with Gasteiger partial charge in [-0.2, -0.15) is 0 Å². The van der Waals surface area contributed by atoms with Crippen LogP contribution >= 0.6 is 0 Å². The Morgan fingerprint density at radius 1 is 1.25 bits per heavy atom. The molecule has 1 fully saturated rings.